The summed E-state index contributed by atoms with van der Waals surface area (Å²) >= 11 is 6.90. The molecule has 1 aliphatic heterocycles. The molecule has 0 unspecified atom stereocenters. The summed E-state index contributed by atoms with van der Waals surface area (Å²) in [7, 11) is 0. The van der Waals surface area contributed by atoms with Crippen molar-refractivity contribution >= 4 is 33.4 Å². The molecule has 10 aromatic rings. The van der Waals surface area contributed by atoms with Crippen LogP contribution in [0.15, 0.2) is 188 Å². The number of fused-ring (bicyclic) bond motifs is 6. The minimum absolute atomic E-state index is 0.148. The molecular weight excluding hydrogens is 716 g/mol. The summed E-state index contributed by atoms with van der Waals surface area (Å²) in [5.41, 5.74) is 16.4. The van der Waals surface area contributed by atoms with Gasteiger partial charge >= 0.3 is 0 Å². The van der Waals surface area contributed by atoms with Crippen LogP contribution in [0, 0.1) is 0 Å². The average molecular weight is 747 g/mol. The van der Waals surface area contributed by atoms with Crippen LogP contribution < -0.4 is 0 Å². The van der Waals surface area contributed by atoms with E-state index in [2.05, 4.69) is 162 Å². The van der Waals surface area contributed by atoms with Crippen LogP contribution >= 0.6 is 11.6 Å². The molecule has 0 atom stereocenters. The van der Waals surface area contributed by atoms with E-state index in [1.54, 1.807) is 0 Å². The Morgan fingerprint density at radius 1 is 0.421 bits per heavy atom. The quantitative estimate of drug-likeness (QED) is 0.176. The minimum Gasteiger partial charge on any atom is -0.308 e. The number of para-hydroxylation sites is 2. The summed E-state index contributed by atoms with van der Waals surface area (Å²) in [5, 5.41) is 2.63. The highest BCUT2D eigenvalue weighted by Crippen LogP contribution is 2.62. The van der Waals surface area contributed by atoms with Gasteiger partial charge in [0.1, 0.15) is 0 Å². The molecule has 5 heteroatoms. The number of nitrogens with zero attached hydrogens (tertiary/aromatic N) is 4. The van der Waals surface area contributed by atoms with E-state index in [4.69, 9.17) is 26.6 Å². The van der Waals surface area contributed by atoms with Crippen molar-refractivity contribution in [3.8, 4) is 61.8 Å². The number of hydrogen-bond donors (Lipinski definition) is 0. The van der Waals surface area contributed by atoms with Crippen LogP contribution in [0.1, 0.15) is 22.3 Å². The Bertz CT molecular complexity index is 3200. The van der Waals surface area contributed by atoms with Crippen molar-refractivity contribution in [2.45, 2.75) is 5.41 Å². The number of rotatable bonds is 5. The molecule has 2 aliphatic rings. The summed E-state index contributed by atoms with van der Waals surface area (Å²) < 4.78 is 2.49. The van der Waals surface area contributed by atoms with Gasteiger partial charge in [0, 0.05) is 33.0 Å². The first-order valence-corrected chi connectivity index (χ1v) is 19.6. The summed E-state index contributed by atoms with van der Waals surface area (Å²) in [6.45, 7) is 0. The van der Waals surface area contributed by atoms with Gasteiger partial charge in [-0.2, -0.15) is 9.97 Å². The van der Waals surface area contributed by atoms with Crippen molar-refractivity contribution < 1.29 is 0 Å². The number of hydrogen-bond acceptors (Lipinski definition) is 3. The monoisotopic (exact) mass is 746 g/mol. The molecule has 0 N–H and O–H groups in total. The molecule has 0 spiro atoms. The van der Waals surface area contributed by atoms with Crippen LogP contribution in [0.25, 0.3) is 83.6 Å². The second-order valence-electron chi connectivity index (χ2n) is 14.8. The van der Waals surface area contributed by atoms with Crippen molar-refractivity contribution in [3.63, 3.8) is 0 Å². The van der Waals surface area contributed by atoms with E-state index in [1.807, 2.05) is 30.3 Å². The molecule has 0 saturated carbocycles. The Morgan fingerprint density at radius 3 is 1.79 bits per heavy atom. The van der Waals surface area contributed by atoms with Crippen molar-refractivity contribution in [3.05, 3.63) is 216 Å². The zero-order valence-corrected chi connectivity index (χ0v) is 31.3. The summed E-state index contributed by atoms with van der Waals surface area (Å²) in [6.07, 6.45) is 0. The Hall–Kier alpha value is -7.14. The predicted octanol–water partition coefficient (Wildman–Crippen LogP) is 13.0. The zero-order valence-electron chi connectivity index (χ0n) is 30.6. The van der Waals surface area contributed by atoms with Gasteiger partial charge in [0.25, 0.3) is 0 Å². The zero-order chi connectivity index (χ0) is 37.7. The smallest absolute Gasteiger partial charge is 0.226 e. The fraction of sp³-hybridized carbons (Fsp3) is 0.0192. The molecule has 0 fully saturated rings. The first kappa shape index (κ1) is 32.1. The van der Waals surface area contributed by atoms with Crippen LogP contribution in [-0.4, -0.2) is 19.5 Å². The van der Waals surface area contributed by atoms with Crippen molar-refractivity contribution in [1.82, 2.24) is 19.5 Å². The lowest BCUT2D eigenvalue weighted by Crippen LogP contribution is -2.28. The van der Waals surface area contributed by atoms with Gasteiger partial charge < -0.3 is 4.57 Å². The van der Waals surface area contributed by atoms with Crippen LogP contribution in [0.3, 0.4) is 0 Å². The molecule has 1 aliphatic carbocycles. The summed E-state index contributed by atoms with van der Waals surface area (Å²) in [4.78, 5) is 14.9. The molecule has 57 heavy (non-hydrogen) atoms. The van der Waals surface area contributed by atoms with Gasteiger partial charge in [-0.1, -0.05) is 164 Å². The van der Waals surface area contributed by atoms with E-state index in [9.17, 15) is 0 Å². The third kappa shape index (κ3) is 4.47. The maximum absolute atomic E-state index is 6.90. The lowest BCUT2D eigenvalue weighted by atomic mass is 9.67. The highest BCUT2D eigenvalue weighted by atomic mass is 35.5. The molecule has 3 heterocycles. The van der Waals surface area contributed by atoms with Gasteiger partial charge in [0.2, 0.25) is 5.28 Å². The SMILES string of the molecule is Clc1nc(-c2cc3c4c(c2)C(c2ccccc2)(c2ccccc2)c2ccc5c6ccccc6n(c5c2-4)-c2ccccc2-3)nc(-c2ccccc2-c2ccccc2)n1. The van der Waals surface area contributed by atoms with Gasteiger partial charge in [-0.3, -0.25) is 0 Å². The molecule has 0 bridgehead atoms. The molecule has 8 aromatic carbocycles. The Labute approximate surface area is 334 Å². The minimum atomic E-state index is -0.654. The molecule has 0 radical (unpaired) electrons. The van der Waals surface area contributed by atoms with E-state index in [0.717, 1.165) is 39.1 Å². The maximum atomic E-state index is 6.90. The predicted molar refractivity (Wildman–Crippen MR) is 232 cm³/mol. The van der Waals surface area contributed by atoms with Crippen LogP contribution in [0.2, 0.25) is 5.28 Å². The average Bonchev–Trinajstić information content (AvgIpc) is 3.73. The normalized spacial score (nSPS) is 13.1. The molecule has 266 valence electrons. The van der Waals surface area contributed by atoms with Crippen molar-refractivity contribution in [2.75, 3.05) is 0 Å². The van der Waals surface area contributed by atoms with E-state index < -0.39 is 5.41 Å². The molecule has 0 amide bonds. The fourth-order valence-electron chi connectivity index (χ4n) is 9.78. The third-order valence-corrected chi connectivity index (χ3v) is 12.2. The standard InChI is InChI=1S/C52H31ClN4/c53-51-55-49(54-50(56-51)40-25-11-10-22-36(40)32-16-4-1-5-17-32)33-30-41-38-24-13-15-27-45(38)57-44-26-14-12-23-37(44)39-28-29-42-47(48(39)57)46(41)43(31-33)52(42,34-18-6-2-7-19-34)35-20-8-3-9-21-35/h1-31H. The van der Waals surface area contributed by atoms with E-state index >= 15 is 0 Å². The topological polar surface area (TPSA) is 43.6 Å². The first-order valence-electron chi connectivity index (χ1n) is 19.2. The van der Waals surface area contributed by atoms with Gasteiger partial charge in [-0.15, -0.1) is 0 Å². The molecule has 4 nitrogen and oxygen atoms in total. The largest absolute Gasteiger partial charge is 0.308 e. The van der Waals surface area contributed by atoms with Crippen LogP contribution in [0.5, 0.6) is 0 Å². The molecule has 0 saturated heterocycles. The fourth-order valence-corrected chi connectivity index (χ4v) is 9.94. The van der Waals surface area contributed by atoms with E-state index in [1.165, 1.54) is 55.2 Å². The molecule has 12 rings (SSSR count). The lowest BCUT2D eigenvalue weighted by Gasteiger charge is -2.34. The van der Waals surface area contributed by atoms with Gasteiger partial charge in [-0.05, 0) is 80.4 Å². The Morgan fingerprint density at radius 2 is 1.04 bits per heavy atom. The highest BCUT2D eigenvalue weighted by molar-refractivity contribution is 6.28. The third-order valence-electron chi connectivity index (χ3n) is 12.0. The first-order chi connectivity index (χ1) is 28.2. The Kier molecular flexibility index (Phi) is 6.87. The Balaban J connectivity index is 1.23. The van der Waals surface area contributed by atoms with Crippen molar-refractivity contribution in [2.24, 2.45) is 0 Å². The lowest BCUT2D eigenvalue weighted by molar-refractivity contribution is 0.769. The highest BCUT2D eigenvalue weighted by Gasteiger charge is 2.49. The van der Waals surface area contributed by atoms with Crippen LogP contribution in [-0.2, 0) is 5.41 Å². The van der Waals surface area contributed by atoms with Gasteiger partial charge in [-0.25, -0.2) is 4.98 Å². The molecule has 2 aromatic heterocycles. The summed E-state index contributed by atoms with van der Waals surface area (Å²) in [5.74, 6) is 1.05. The van der Waals surface area contributed by atoms with E-state index in [-0.39, 0.29) is 5.28 Å². The maximum Gasteiger partial charge on any atom is 0.226 e. The second-order valence-corrected chi connectivity index (χ2v) is 15.2. The number of halogens is 1. The molecular formula is C52H31ClN4. The summed E-state index contributed by atoms with van der Waals surface area (Å²) in [6, 6.07) is 67.4. The van der Waals surface area contributed by atoms with Crippen LogP contribution in [0.4, 0.5) is 0 Å². The number of aromatic nitrogens is 4. The van der Waals surface area contributed by atoms with Gasteiger partial charge in [0.15, 0.2) is 11.6 Å². The van der Waals surface area contributed by atoms with Crippen molar-refractivity contribution in [1.29, 1.82) is 0 Å². The number of benzene rings is 8. The van der Waals surface area contributed by atoms with Gasteiger partial charge in [0.05, 0.1) is 22.1 Å². The second kappa shape index (κ2) is 12.2. The van der Waals surface area contributed by atoms with E-state index in [0.29, 0.717) is 11.6 Å².